The first-order valence-corrected chi connectivity index (χ1v) is 6.22. The van der Waals surface area contributed by atoms with Crippen LogP contribution in [-0.4, -0.2) is 5.91 Å². The Bertz CT molecular complexity index is 770. The van der Waals surface area contributed by atoms with Gasteiger partial charge in [-0.3, -0.25) is 4.79 Å². The number of fused-ring (bicyclic) bond motifs is 1. The van der Waals surface area contributed by atoms with E-state index in [2.05, 4.69) is 5.32 Å². The maximum atomic E-state index is 12.0. The first-order valence-electron chi connectivity index (χ1n) is 6.22. The van der Waals surface area contributed by atoms with Crippen molar-refractivity contribution in [3.8, 4) is 0 Å². The van der Waals surface area contributed by atoms with Crippen molar-refractivity contribution in [2.45, 2.75) is 0 Å². The van der Waals surface area contributed by atoms with Crippen LogP contribution in [0.3, 0.4) is 0 Å². The fourth-order valence-corrected chi connectivity index (χ4v) is 2.07. The third kappa shape index (κ3) is 2.31. The van der Waals surface area contributed by atoms with Gasteiger partial charge in [-0.1, -0.05) is 30.3 Å². The van der Waals surface area contributed by atoms with Gasteiger partial charge in [0.2, 0.25) is 11.7 Å². The second-order valence-electron chi connectivity index (χ2n) is 4.43. The van der Waals surface area contributed by atoms with Crippen LogP contribution in [-0.2, 0) is 0 Å². The number of nitrogens with zero attached hydrogens (tertiary/aromatic N) is 1. The van der Waals surface area contributed by atoms with Gasteiger partial charge >= 0.3 is 0 Å². The molecule has 0 aliphatic rings. The number of nitrogens with one attached hydrogen (secondary N) is 1. The van der Waals surface area contributed by atoms with Gasteiger partial charge in [-0.05, 0) is 24.3 Å². The van der Waals surface area contributed by atoms with Crippen molar-refractivity contribution in [3.05, 3.63) is 77.6 Å². The lowest BCUT2D eigenvalue weighted by molar-refractivity contribution is -0.576. The van der Waals surface area contributed by atoms with E-state index in [9.17, 15) is 10.0 Å². The number of para-hydroxylation sites is 1. The highest BCUT2D eigenvalue weighted by Gasteiger charge is 2.10. The van der Waals surface area contributed by atoms with Crippen LogP contribution in [0.5, 0.6) is 0 Å². The molecule has 0 aliphatic heterocycles. The van der Waals surface area contributed by atoms with Gasteiger partial charge in [0.1, 0.15) is 5.69 Å². The number of hydrogen-bond acceptors (Lipinski definition) is 2. The zero-order valence-electron chi connectivity index (χ0n) is 10.6. The zero-order valence-corrected chi connectivity index (χ0v) is 10.6. The number of aromatic nitrogens is 1. The second kappa shape index (κ2) is 5.01. The van der Waals surface area contributed by atoms with Crippen LogP contribution in [0.2, 0.25) is 0 Å². The van der Waals surface area contributed by atoms with E-state index in [0.29, 0.717) is 16.8 Å². The van der Waals surface area contributed by atoms with E-state index in [1.807, 2.05) is 18.2 Å². The Morgan fingerprint density at radius 3 is 2.50 bits per heavy atom. The number of amides is 1. The van der Waals surface area contributed by atoms with Crippen molar-refractivity contribution < 1.29 is 9.52 Å². The summed E-state index contributed by atoms with van der Waals surface area (Å²) in [6.07, 6.45) is 1.36. The Hall–Kier alpha value is -2.88. The molecule has 0 atom stereocenters. The van der Waals surface area contributed by atoms with E-state index in [-0.39, 0.29) is 5.91 Å². The molecule has 0 bridgehead atoms. The van der Waals surface area contributed by atoms with Crippen molar-refractivity contribution in [1.82, 2.24) is 0 Å². The van der Waals surface area contributed by atoms with Gasteiger partial charge < -0.3 is 10.5 Å². The van der Waals surface area contributed by atoms with Gasteiger partial charge in [0.05, 0.1) is 0 Å². The second-order valence-corrected chi connectivity index (χ2v) is 4.43. The molecule has 4 heteroatoms. The van der Waals surface area contributed by atoms with Gasteiger partial charge in [0.15, 0.2) is 0 Å². The molecule has 1 amide bonds. The van der Waals surface area contributed by atoms with Crippen LogP contribution in [0.4, 0.5) is 5.69 Å². The van der Waals surface area contributed by atoms with Crippen molar-refractivity contribution in [3.63, 3.8) is 0 Å². The number of benzene rings is 2. The molecule has 0 spiro atoms. The molecule has 0 saturated heterocycles. The molecular formula is C16H12N2O2. The van der Waals surface area contributed by atoms with Gasteiger partial charge in [-0.2, -0.15) is 4.73 Å². The molecule has 0 aliphatic carbocycles. The van der Waals surface area contributed by atoms with Crippen LogP contribution in [0, 0.1) is 5.21 Å². The largest absolute Gasteiger partial charge is 0.618 e. The smallest absolute Gasteiger partial charge is 0.255 e. The van der Waals surface area contributed by atoms with Gasteiger partial charge in [0, 0.05) is 17.0 Å². The van der Waals surface area contributed by atoms with Crippen molar-refractivity contribution >= 4 is 22.5 Å². The molecule has 1 aromatic heterocycles. The van der Waals surface area contributed by atoms with Crippen molar-refractivity contribution in [2.24, 2.45) is 0 Å². The Balaban J connectivity index is 1.94. The summed E-state index contributed by atoms with van der Waals surface area (Å²) in [4.78, 5) is 12.0. The standard InChI is InChI=1S/C16H12N2O2/c19-16(12-6-2-1-3-7-12)17-14-10-13-8-4-5-9-15(13)18(20)11-14/h1-11H,(H,17,19). The fourth-order valence-electron chi connectivity index (χ4n) is 2.07. The Morgan fingerprint density at radius 2 is 1.70 bits per heavy atom. The molecule has 2 aromatic carbocycles. The molecule has 3 rings (SSSR count). The van der Waals surface area contributed by atoms with E-state index in [1.165, 1.54) is 6.20 Å². The minimum atomic E-state index is -0.235. The number of rotatable bonds is 2. The van der Waals surface area contributed by atoms with E-state index in [1.54, 1.807) is 42.5 Å². The molecule has 3 aromatic rings. The van der Waals surface area contributed by atoms with Crippen molar-refractivity contribution in [1.29, 1.82) is 0 Å². The molecule has 0 saturated carbocycles. The molecule has 0 radical (unpaired) electrons. The van der Waals surface area contributed by atoms with E-state index in [0.717, 1.165) is 10.1 Å². The van der Waals surface area contributed by atoms with Gasteiger partial charge in [-0.25, -0.2) is 0 Å². The van der Waals surface area contributed by atoms with Crippen LogP contribution < -0.4 is 10.0 Å². The minimum absolute atomic E-state index is 0.235. The number of anilines is 1. The molecule has 0 fully saturated rings. The maximum Gasteiger partial charge on any atom is 0.255 e. The summed E-state index contributed by atoms with van der Waals surface area (Å²) in [6.45, 7) is 0. The normalized spacial score (nSPS) is 10.4. The van der Waals surface area contributed by atoms with E-state index < -0.39 is 0 Å². The molecule has 98 valence electrons. The lowest BCUT2D eigenvalue weighted by Crippen LogP contribution is -2.27. The molecular weight excluding hydrogens is 252 g/mol. The lowest BCUT2D eigenvalue weighted by atomic mass is 10.2. The summed E-state index contributed by atoms with van der Waals surface area (Å²) in [5.41, 5.74) is 1.61. The highest BCUT2D eigenvalue weighted by atomic mass is 16.5. The number of pyridine rings is 1. The van der Waals surface area contributed by atoms with Crippen LogP contribution in [0.1, 0.15) is 10.4 Å². The Morgan fingerprint density at radius 1 is 1.00 bits per heavy atom. The number of carbonyl (C=O) groups is 1. The van der Waals surface area contributed by atoms with E-state index in [4.69, 9.17) is 0 Å². The molecule has 20 heavy (non-hydrogen) atoms. The summed E-state index contributed by atoms with van der Waals surface area (Å²) in [7, 11) is 0. The summed E-state index contributed by atoms with van der Waals surface area (Å²) in [5.74, 6) is -0.235. The van der Waals surface area contributed by atoms with Crippen LogP contribution in [0.15, 0.2) is 66.9 Å². The lowest BCUT2D eigenvalue weighted by Gasteiger charge is -2.07. The first kappa shape index (κ1) is 12.2. The molecule has 1 heterocycles. The maximum absolute atomic E-state index is 12.0. The zero-order chi connectivity index (χ0) is 13.9. The monoisotopic (exact) mass is 264 g/mol. The summed E-state index contributed by atoms with van der Waals surface area (Å²) in [5, 5.41) is 15.4. The average molecular weight is 264 g/mol. The molecule has 1 N–H and O–H groups in total. The minimum Gasteiger partial charge on any atom is -0.618 e. The van der Waals surface area contributed by atoms with Gasteiger partial charge in [-0.15, -0.1) is 0 Å². The highest BCUT2D eigenvalue weighted by molar-refractivity contribution is 6.04. The summed E-state index contributed by atoms with van der Waals surface area (Å²) in [6, 6.07) is 17.9. The predicted octanol–water partition coefficient (Wildman–Crippen LogP) is 2.73. The summed E-state index contributed by atoms with van der Waals surface area (Å²) >= 11 is 0. The quantitative estimate of drug-likeness (QED) is 0.571. The van der Waals surface area contributed by atoms with E-state index >= 15 is 0 Å². The summed E-state index contributed by atoms with van der Waals surface area (Å²) < 4.78 is 0.760. The van der Waals surface area contributed by atoms with Crippen LogP contribution in [0.25, 0.3) is 10.9 Å². The Labute approximate surface area is 115 Å². The predicted molar refractivity (Wildman–Crippen MR) is 77.3 cm³/mol. The van der Waals surface area contributed by atoms with Gasteiger partial charge in [0.25, 0.3) is 5.91 Å². The SMILES string of the molecule is O=C(Nc1cc2ccccc2[n+]([O-])c1)c1ccccc1. The fraction of sp³-hybridized carbons (Fsp3) is 0. The average Bonchev–Trinajstić information content (AvgIpc) is 2.48. The van der Waals surface area contributed by atoms with Crippen molar-refractivity contribution in [2.75, 3.05) is 5.32 Å². The first-order chi connectivity index (χ1) is 9.74. The topological polar surface area (TPSA) is 56.0 Å². The third-order valence-electron chi connectivity index (χ3n) is 3.04. The number of hydrogen-bond donors (Lipinski definition) is 1. The molecule has 0 unspecified atom stereocenters. The number of carbonyl (C=O) groups excluding carboxylic acids is 1. The highest BCUT2D eigenvalue weighted by Crippen LogP contribution is 2.15. The third-order valence-corrected chi connectivity index (χ3v) is 3.04. The van der Waals surface area contributed by atoms with Crippen LogP contribution >= 0.6 is 0 Å². The molecule has 4 nitrogen and oxygen atoms in total. The Kier molecular flexibility index (Phi) is 3.05.